The molecule has 108 valence electrons. The molecule has 1 aromatic heterocycles. The van der Waals surface area contributed by atoms with E-state index in [-0.39, 0.29) is 18.3 Å². The molecule has 2 rings (SSSR count). The second-order valence-corrected chi connectivity index (χ2v) is 6.25. The summed E-state index contributed by atoms with van der Waals surface area (Å²) in [6.07, 6.45) is 4.06. The Morgan fingerprint density at radius 3 is 2.79 bits per heavy atom. The number of aromatic nitrogens is 1. The van der Waals surface area contributed by atoms with Crippen LogP contribution in [0.25, 0.3) is 0 Å². The van der Waals surface area contributed by atoms with E-state index in [0.717, 1.165) is 43.1 Å². The van der Waals surface area contributed by atoms with E-state index in [1.807, 2.05) is 13.8 Å². The van der Waals surface area contributed by atoms with Crippen LogP contribution in [-0.4, -0.2) is 23.0 Å². The first kappa shape index (κ1) is 16.4. The average molecular weight is 304 g/mol. The minimum absolute atomic E-state index is 0. The minimum atomic E-state index is -0.440. The molecule has 1 atom stereocenters. The van der Waals surface area contributed by atoms with Crippen molar-refractivity contribution in [3.8, 4) is 0 Å². The summed E-state index contributed by atoms with van der Waals surface area (Å²) in [5.41, 5.74) is 0.640. The molecule has 1 aliphatic heterocycles. The summed E-state index contributed by atoms with van der Waals surface area (Å²) in [6, 6.07) is 0. The second kappa shape index (κ2) is 6.68. The van der Waals surface area contributed by atoms with Gasteiger partial charge in [0.15, 0.2) is 5.13 Å². The maximum absolute atomic E-state index is 12.3. The van der Waals surface area contributed by atoms with Gasteiger partial charge < -0.3 is 10.6 Å². The highest BCUT2D eigenvalue weighted by molar-refractivity contribution is 7.15. The molecule has 2 heterocycles. The summed E-state index contributed by atoms with van der Waals surface area (Å²) in [5.74, 6) is 0.0404. The summed E-state index contributed by atoms with van der Waals surface area (Å²) in [4.78, 5) is 17.9. The summed E-state index contributed by atoms with van der Waals surface area (Å²) in [7, 11) is 0. The van der Waals surface area contributed by atoms with E-state index in [4.69, 9.17) is 0 Å². The number of carbonyl (C=O) groups excluding carboxylic acids is 1. The Morgan fingerprint density at radius 2 is 2.26 bits per heavy atom. The second-order valence-electron chi connectivity index (χ2n) is 5.05. The third-order valence-corrected chi connectivity index (χ3v) is 4.50. The Labute approximate surface area is 124 Å². The number of amides is 1. The zero-order chi connectivity index (χ0) is 13.2. The van der Waals surface area contributed by atoms with Crippen molar-refractivity contribution in [1.82, 2.24) is 10.3 Å². The van der Waals surface area contributed by atoms with Gasteiger partial charge in [-0.05, 0) is 46.1 Å². The van der Waals surface area contributed by atoms with Crippen molar-refractivity contribution in [3.63, 3.8) is 0 Å². The van der Waals surface area contributed by atoms with Crippen molar-refractivity contribution in [2.75, 3.05) is 11.9 Å². The summed E-state index contributed by atoms with van der Waals surface area (Å²) in [5, 5.41) is 6.99. The molecule has 19 heavy (non-hydrogen) atoms. The van der Waals surface area contributed by atoms with Gasteiger partial charge >= 0.3 is 0 Å². The number of nitrogens with zero attached hydrogens (tertiary/aromatic N) is 1. The van der Waals surface area contributed by atoms with Crippen LogP contribution in [-0.2, 0) is 11.2 Å². The maximum Gasteiger partial charge on any atom is 0.246 e. The van der Waals surface area contributed by atoms with Crippen molar-refractivity contribution in [2.45, 2.75) is 52.0 Å². The highest BCUT2D eigenvalue weighted by Gasteiger charge is 2.34. The molecule has 0 spiro atoms. The van der Waals surface area contributed by atoms with Gasteiger partial charge in [-0.3, -0.25) is 4.79 Å². The molecule has 0 aliphatic carbocycles. The molecule has 1 aliphatic rings. The van der Waals surface area contributed by atoms with E-state index in [1.54, 1.807) is 11.3 Å². The smallest absolute Gasteiger partial charge is 0.246 e. The zero-order valence-electron chi connectivity index (χ0n) is 11.7. The number of carbonyl (C=O) groups is 1. The van der Waals surface area contributed by atoms with Crippen LogP contribution in [0.5, 0.6) is 0 Å². The molecule has 0 saturated carbocycles. The number of aryl methyl sites for hydroxylation is 2. The fraction of sp³-hybridized carbons (Fsp3) is 0.692. The lowest BCUT2D eigenvalue weighted by molar-refractivity contribution is -0.122. The number of hydrogen-bond donors (Lipinski definition) is 2. The van der Waals surface area contributed by atoms with E-state index in [2.05, 4.69) is 22.5 Å². The van der Waals surface area contributed by atoms with E-state index >= 15 is 0 Å². The number of anilines is 1. The lowest BCUT2D eigenvalue weighted by atomic mass is 9.90. The van der Waals surface area contributed by atoms with Crippen LogP contribution in [0.2, 0.25) is 0 Å². The van der Waals surface area contributed by atoms with Crippen molar-refractivity contribution in [1.29, 1.82) is 0 Å². The molecule has 0 radical (unpaired) electrons. The van der Waals surface area contributed by atoms with Crippen LogP contribution in [0.4, 0.5) is 5.13 Å². The number of thiazole rings is 1. The Hall–Kier alpha value is -0.650. The molecule has 0 bridgehead atoms. The monoisotopic (exact) mass is 303 g/mol. The predicted molar refractivity (Wildman–Crippen MR) is 82.4 cm³/mol. The average Bonchev–Trinajstić information content (AvgIpc) is 2.70. The molecule has 1 saturated heterocycles. The van der Waals surface area contributed by atoms with E-state index in [0.29, 0.717) is 0 Å². The van der Waals surface area contributed by atoms with Gasteiger partial charge in [0.05, 0.1) is 11.2 Å². The summed E-state index contributed by atoms with van der Waals surface area (Å²) >= 11 is 1.56. The minimum Gasteiger partial charge on any atom is -0.304 e. The van der Waals surface area contributed by atoms with Crippen molar-refractivity contribution in [3.05, 3.63) is 10.6 Å². The standard InChI is InChI=1S/C13H21N3OS.ClH/c1-4-10-9(2)18-12(15-10)16-11(17)13(3)7-5-6-8-14-13;/h14H,4-8H2,1-3H3,(H,15,16,17);1H. The summed E-state index contributed by atoms with van der Waals surface area (Å²) < 4.78 is 0. The molecule has 1 aromatic rings. The Balaban J connectivity index is 0.00000180. The zero-order valence-corrected chi connectivity index (χ0v) is 13.3. The predicted octanol–water partition coefficient (Wildman–Crippen LogP) is 2.91. The number of piperidine rings is 1. The third kappa shape index (κ3) is 3.68. The van der Waals surface area contributed by atoms with E-state index in [9.17, 15) is 4.79 Å². The molecule has 1 fully saturated rings. The van der Waals surface area contributed by atoms with E-state index < -0.39 is 5.54 Å². The van der Waals surface area contributed by atoms with Crippen LogP contribution in [0.3, 0.4) is 0 Å². The Kier molecular flexibility index (Phi) is 5.77. The number of hydrogen-bond acceptors (Lipinski definition) is 4. The van der Waals surface area contributed by atoms with Crippen LogP contribution in [0.15, 0.2) is 0 Å². The Morgan fingerprint density at radius 1 is 1.53 bits per heavy atom. The van der Waals surface area contributed by atoms with Gasteiger partial charge in [0.2, 0.25) is 5.91 Å². The molecule has 1 amide bonds. The van der Waals surface area contributed by atoms with Crippen LogP contribution < -0.4 is 10.6 Å². The van der Waals surface area contributed by atoms with Crippen molar-refractivity contribution >= 4 is 34.8 Å². The number of rotatable bonds is 3. The molecular formula is C13H22ClN3OS. The van der Waals surface area contributed by atoms with Gasteiger partial charge in [0.25, 0.3) is 0 Å². The van der Waals surface area contributed by atoms with Crippen molar-refractivity contribution < 1.29 is 4.79 Å². The van der Waals surface area contributed by atoms with Crippen LogP contribution in [0.1, 0.15) is 43.7 Å². The quantitative estimate of drug-likeness (QED) is 0.903. The van der Waals surface area contributed by atoms with E-state index in [1.165, 1.54) is 4.88 Å². The first-order valence-electron chi connectivity index (χ1n) is 6.58. The first-order chi connectivity index (χ1) is 8.55. The van der Waals surface area contributed by atoms with Crippen LogP contribution >= 0.6 is 23.7 Å². The number of nitrogens with one attached hydrogen (secondary N) is 2. The van der Waals surface area contributed by atoms with Gasteiger partial charge in [-0.15, -0.1) is 23.7 Å². The SMILES string of the molecule is CCc1nc(NC(=O)C2(C)CCCCN2)sc1C.Cl. The van der Waals surface area contributed by atoms with Crippen molar-refractivity contribution in [2.24, 2.45) is 0 Å². The number of halogens is 1. The molecular weight excluding hydrogens is 282 g/mol. The third-order valence-electron chi connectivity index (χ3n) is 3.57. The maximum atomic E-state index is 12.3. The largest absolute Gasteiger partial charge is 0.304 e. The fourth-order valence-electron chi connectivity index (χ4n) is 2.29. The highest BCUT2D eigenvalue weighted by Crippen LogP contribution is 2.25. The van der Waals surface area contributed by atoms with Gasteiger partial charge in [-0.2, -0.15) is 0 Å². The normalized spacial score (nSPS) is 22.7. The molecule has 1 unspecified atom stereocenters. The molecule has 4 nitrogen and oxygen atoms in total. The van der Waals surface area contributed by atoms with Gasteiger partial charge in [0.1, 0.15) is 0 Å². The fourth-order valence-corrected chi connectivity index (χ4v) is 3.19. The van der Waals surface area contributed by atoms with Gasteiger partial charge in [-0.25, -0.2) is 4.98 Å². The highest BCUT2D eigenvalue weighted by atomic mass is 35.5. The summed E-state index contributed by atoms with van der Waals surface area (Å²) in [6.45, 7) is 7.02. The molecule has 2 N–H and O–H groups in total. The van der Waals surface area contributed by atoms with Crippen LogP contribution in [0, 0.1) is 6.92 Å². The Bertz CT molecular complexity index is 441. The topological polar surface area (TPSA) is 54.0 Å². The van der Waals surface area contributed by atoms with Gasteiger partial charge in [0, 0.05) is 4.88 Å². The first-order valence-corrected chi connectivity index (χ1v) is 7.39. The molecule has 6 heteroatoms. The molecule has 0 aromatic carbocycles. The lowest BCUT2D eigenvalue weighted by Crippen LogP contribution is -2.54. The van der Waals surface area contributed by atoms with Gasteiger partial charge in [-0.1, -0.05) is 6.92 Å². The lowest BCUT2D eigenvalue weighted by Gasteiger charge is -2.33.